The molecule has 0 spiro atoms. The number of methoxy groups -OCH3 is 4. The SMILES string of the molecule is COCCC(C#N)(CCOC)NC(=O)OC(C)(C)C.COCCC(CCOC)(CCC(=O)OCC1c2ccccc2-c2ccccc21)NC(=O)OC(C)(C)C. The van der Waals surface area contributed by atoms with Gasteiger partial charge in [0, 0.05) is 85.6 Å². The Balaban J connectivity index is 0.000000467. The minimum atomic E-state index is -1.03. The Morgan fingerprint density at radius 1 is 0.636 bits per heavy atom. The van der Waals surface area contributed by atoms with Crippen molar-refractivity contribution in [3.63, 3.8) is 0 Å². The number of carbonyl (C=O) groups excluding carboxylic acids is 3. The van der Waals surface area contributed by atoms with Crippen LogP contribution in [0.2, 0.25) is 0 Å². The molecule has 2 aromatic carbocycles. The Morgan fingerprint density at radius 3 is 1.47 bits per heavy atom. The molecule has 3 rings (SSSR count). The van der Waals surface area contributed by atoms with Crippen molar-refractivity contribution in [3.05, 3.63) is 59.7 Å². The zero-order valence-electron chi connectivity index (χ0n) is 34.5. The van der Waals surface area contributed by atoms with E-state index in [1.807, 2.05) is 45.0 Å². The summed E-state index contributed by atoms with van der Waals surface area (Å²) in [5, 5.41) is 15.0. The Hall–Kier alpha value is -4.22. The molecule has 0 saturated carbocycles. The van der Waals surface area contributed by atoms with Crippen molar-refractivity contribution < 1.29 is 47.5 Å². The third kappa shape index (κ3) is 16.2. The van der Waals surface area contributed by atoms with Crippen LogP contribution in [0.15, 0.2) is 48.5 Å². The summed E-state index contributed by atoms with van der Waals surface area (Å²) < 4.78 is 37.0. The van der Waals surface area contributed by atoms with E-state index < -0.39 is 34.5 Å². The van der Waals surface area contributed by atoms with E-state index >= 15 is 0 Å². The molecule has 0 heterocycles. The molecule has 13 heteroatoms. The first kappa shape index (κ1) is 46.9. The number of esters is 1. The molecule has 1 aliphatic rings. The van der Waals surface area contributed by atoms with Gasteiger partial charge in [-0.2, -0.15) is 5.26 Å². The molecule has 2 aromatic rings. The third-order valence-corrected chi connectivity index (χ3v) is 8.94. The molecular weight excluding hydrogens is 706 g/mol. The summed E-state index contributed by atoms with van der Waals surface area (Å²) in [7, 11) is 6.32. The maximum absolute atomic E-state index is 12.9. The summed E-state index contributed by atoms with van der Waals surface area (Å²) in [6.45, 7) is 12.6. The molecule has 13 nitrogen and oxygen atoms in total. The fraction of sp³-hybridized carbons (Fsp3) is 0.619. The Morgan fingerprint density at radius 2 is 1.05 bits per heavy atom. The second kappa shape index (κ2) is 22.4. The number of hydrogen-bond acceptors (Lipinski definition) is 11. The molecule has 0 saturated heterocycles. The van der Waals surface area contributed by atoms with E-state index in [0.717, 1.165) is 0 Å². The maximum atomic E-state index is 12.9. The topological polar surface area (TPSA) is 164 Å². The number of ether oxygens (including phenoxy) is 7. The van der Waals surface area contributed by atoms with Crippen molar-refractivity contribution in [2.75, 3.05) is 61.5 Å². The van der Waals surface area contributed by atoms with Crippen LogP contribution in [0, 0.1) is 11.3 Å². The van der Waals surface area contributed by atoms with Crippen molar-refractivity contribution in [1.82, 2.24) is 10.6 Å². The molecule has 2 N–H and O–H groups in total. The predicted molar refractivity (Wildman–Crippen MR) is 210 cm³/mol. The van der Waals surface area contributed by atoms with E-state index in [9.17, 15) is 19.6 Å². The molecule has 1 aliphatic carbocycles. The number of benzene rings is 2. The predicted octanol–water partition coefficient (Wildman–Crippen LogP) is 7.31. The number of nitrogens with zero attached hydrogens (tertiary/aromatic N) is 1. The van der Waals surface area contributed by atoms with Crippen LogP contribution in [0.4, 0.5) is 9.59 Å². The molecule has 0 fully saturated rings. The zero-order chi connectivity index (χ0) is 41.1. The van der Waals surface area contributed by atoms with Crippen molar-refractivity contribution in [2.45, 2.75) is 108 Å². The number of nitrogens with one attached hydrogen (secondary N) is 2. The Kier molecular flexibility index (Phi) is 19.1. The standard InChI is InChI=1S/C29H39NO6.C13H24N2O4/c1-28(2,3)36-27(32)30-29(16-18-33-4,17-19-34-5)15-14-26(31)35-20-25-23-12-8-6-10-21(23)22-11-7-9-13-24(22)25;1-12(2,3)19-11(16)15-13(10-14,6-8-17-4)7-9-18-5/h6-13,25H,14-20H2,1-5H3,(H,30,32);6-9H2,1-5H3,(H,15,16). The number of alkyl carbamates (subject to hydrolysis) is 2. The average Bonchev–Trinajstić information content (AvgIpc) is 3.44. The fourth-order valence-electron chi connectivity index (χ4n) is 6.15. The maximum Gasteiger partial charge on any atom is 0.408 e. The molecule has 2 amide bonds. The molecule has 0 atom stereocenters. The number of fused-ring (bicyclic) bond motifs is 3. The molecule has 55 heavy (non-hydrogen) atoms. The minimum absolute atomic E-state index is 0.00739. The summed E-state index contributed by atoms with van der Waals surface area (Å²) in [5.74, 6) is -0.296. The minimum Gasteiger partial charge on any atom is -0.465 e. The number of nitriles is 1. The van der Waals surface area contributed by atoms with Crippen LogP contribution in [0.5, 0.6) is 0 Å². The van der Waals surface area contributed by atoms with Gasteiger partial charge in [-0.1, -0.05) is 48.5 Å². The number of amides is 2. The van der Waals surface area contributed by atoms with Crippen molar-refractivity contribution in [1.29, 1.82) is 5.26 Å². The molecule has 0 bridgehead atoms. The van der Waals surface area contributed by atoms with Gasteiger partial charge in [-0.15, -0.1) is 0 Å². The normalized spacial score (nSPS) is 12.7. The van der Waals surface area contributed by atoms with E-state index in [4.69, 9.17) is 33.2 Å². The largest absolute Gasteiger partial charge is 0.465 e. The Bertz CT molecular complexity index is 1480. The second-order valence-corrected chi connectivity index (χ2v) is 15.6. The van der Waals surface area contributed by atoms with E-state index in [1.165, 1.54) is 22.3 Å². The van der Waals surface area contributed by atoms with Crippen LogP contribution in [-0.2, 0) is 38.0 Å². The first-order chi connectivity index (χ1) is 26.0. The van der Waals surface area contributed by atoms with Gasteiger partial charge in [0.15, 0.2) is 0 Å². The summed E-state index contributed by atoms with van der Waals surface area (Å²) >= 11 is 0. The second-order valence-electron chi connectivity index (χ2n) is 15.6. The number of carbonyl (C=O) groups is 3. The van der Waals surface area contributed by atoms with Gasteiger partial charge in [-0.25, -0.2) is 9.59 Å². The monoisotopic (exact) mass is 769 g/mol. The van der Waals surface area contributed by atoms with Crippen LogP contribution >= 0.6 is 0 Å². The molecule has 0 aliphatic heterocycles. The van der Waals surface area contributed by atoms with Crippen molar-refractivity contribution >= 4 is 18.2 Å². The van der Waals surface area contributed by atoms with E-state index in [0.29, 0.717) is 58.5 Å². The molecule has 306 valence electrons. The van der Waals surface area contributed by atoms with Gasteiger partial charge in [-0.05, 0) is 83.1 Å². The van der Waals surface area contributed by atoms with Crippen LogP contribution in [0.25, 0.3) is 11.1 Å². The summed E-state index contributed by atoms with van der Waals surface area (Å²) in [6, 6.07) is 18.6. The van der Waals surface area contributed by atoms with Gasteiger partial charge in [0.1, 0.15) is 23.3 Å². The van der Waals surface area contributed by atoms with Gasteiger partial charge >= 0.3 is 18.2 Å². The lowest BCUT2D eigenvalue weighted by Crippen LogP contribution is -2.51. The van der Waals surface area contributed by atoms with Gasteiger partial charge in [0.05, 0.1) is 6.07 Å². The highest BCUT2D eigenvalue weighted by atomic mass is 16.6. The summed E-state index contributed by atoms with van der Waals surface area (Å²) in [6.07, 6.45) is 1.19. The summed E-state index contributed by atoms with van der Waals surface area (Å²) in [5.41, 5.74) is 1.73. The van der Waals surface area contributed by atoms with Crippen LogP contribution in [0.1, 0.15) is 97.1 Å². The average molecular weight is 770 g/mol. The van der Waals surface area contributed by atoms with Gasteiger partial charge < -0.3 is 43.8 Å². The van der Waals surface area contributed by atoms with Gasteiger partial charge in [0.2, 0.25) is 0 Å². The van der Waals surface area contributed by atoms with Gasteiger partial charge in [-0.3, -0.25) is 4.79 Å². The third-order valence-electron chi connectivity index (χ3n) is 8.94. The molecular formula is C42H63N3O10. The quantitative estimate of drug-likeness (QED) is 0.109. The van der Waals surface area contributed by atoms with E-state index in [-0.39, 0.29) is 24.9 Å². The summed E-state index contributed by atoms with van der Waals surface area (Å²) in [4.78, 5) is 37.3. The van der Waals surface area contributed by atoms with Crippen LogP contribution in [-0.4, -0.2) is 102 Å². The molecule has 0 radical (unpaired) electrons. The highest BCUT2D eigenvalue weighted by molar-refractivity contribution is 5.79. The lowest BCUT2D eigenvalue weighted by Gasteiger charge is -2.35. The molecule has 0 unspecified atom stereocenters. The lowest BCUT2D eigenvalue weighted by atomic mass is 9.86. The highest BCUT2D eigenvalue weighted by Crippen LogP contribution is 2.44. The van der Waals surface area contributed by atoms with Crippen molar-refractivity contribution in [3.8, 4) is 17.2 Å². The smallest absolute Gasteiger partial charge is 0.408 e. The Labute approximate surface area is 327 Å². The van der Waals surface area contributed by atoms with Crippen molar-refractivity contribution in [2.24, 2.45) is 0 Å². The fourth-order valence-corrected chi connectivity index (χ4v) is 6.15. The van der Waals surface area contributed by atoms with E-state index in [2.05, 4.69) is 41.0 Å². The first-order valence-corrected chi connectivity index (χ1v) is 18.7. The van der Waals surface area contributed by atoms with E-state index in [1.54, 1.807) is 49.2 Å². The van der Waals surface area contributed by atoms with Gasteiger partial charge in [0.25, 0.3) is 0 Å². The number of rotatable bonds is 19. The zero-order valence-corrected chi connectivity index (χ0v) is 34.5. The highest BCUT2D eigenvalue weighted by Gasteiger charge is 2.36. The lowest BCUT2D eigenvalue weighted by molar-refractivity contribution is -0.144. The molecule has 0 aromatic heterocycles. The number of hydrogen-bond donors (Lipinski definition) is 2. The van der Waals surface area contributed by atoms with Crippen LogP contribution in [0.3, 0.4) is 0 Å². The van der Waals surface area contributed by atoms with Crippen LogP contribution < -0.4 is 10.6 Å². The first-order valence-electron chi connectivity index (χ1n) is 18.7.